The molecule has 1 aromatic rings. The van der Waals surface area contributed by atoms with Crippen LogP contribution in [0.25, 0.3) is 0 Å². The third-order valence-electron chi connectivity index (χ3n) is 3.78. The van der Waals surface area contributed by atoms with Crippen LogP contribution in [0, 0.1) is 12.8 Å². The fourth-order valence-corrected chi connectivity index (χ4v) is 2.51. The Bertz CT molecular complexity index is 376. The molecule has 0 spiro atoms. The van der Waals surface area contributed by atoms with E-state index in [-0.39, 0.29) is 0 Å². The molecule has 1 N–H and O–H groups in total. The van der Waals surface area contributed by atoms with Crippen molar-refractivity contribution in [3.05, 3.63) is 29.3 Å². The van der Waals surface area contributed by atoms with Gasteiger partial charge in [-0.15, -0.1) is 0 Å². The summed E-state index contributed by atoms with van der Waals surface area (Å²) in [4.78, 5) is 0. The van der Waals surface area contributed by atoms with Crippen LogP contribution in [0.4, 0.5) is 0 Å². The van der Waals surface area contributed by atoms with Gasteiger partial charge in [0, 0.05) is 6.04 Å². The molecule has 2 heteroatoms. The number of likely N-dealkylation sites (N-methyl/N-ethyl adjacent to an activating group) is 1. The first kappa shape index (κ1) is 16.0. The second kappa shape index (κ2) is 8.21. The molecule has 0 aliphatic heterocycles. The molecule has 0 saturated carbocycles. The molecule has 108 valence electrons. The van der Waals surface area contributed by atoms with E-state index in [0.717, 1.165) is 24.6 Å². The fourth-order valence-electron chi connectivity index (χ4n) is 2.51. The maximum Gasteiger partial charge on any atom is 0.122 e. The number of hydrogen-bond acceptors (Lipinski definition) is 2. The zero-order valence-corrected chi connectivity index (χ0v) is 13.1. The van der Waals surface area contributed by atoms with E-state index in [9.17, 15) is 0 Å². The summed E-state index contributed by atoms with van der Waals surface area (Å²) in [6.07, 6.45) is 3.51. The zero-order chi connectivity index (χ0) is 14.3. The van der Waals surface area contributed by atoms with Crippen LogP contribution in [-0.4, -0.2) is 19.7 Å². The number of hydrogen-bond donors (Lipinski definition) is 1. The van der Waals surface area contributed by atoms with Crippen molar-refractivity contribution in [2.24, 2.45) is 5.92 Å². The summed E-state index contributed by atoms with van der Waals surface area (Å²) >= 11 is 0. The van der Waals surface area contributed by atoms with Gasteiger partial charge in [-0.25, -0.2) is 0 Å². The summed E-state index contributed by atoms with van der Waals surface area (Å²) in [6, 6.07) is 6.98. The second-order valence-electron chi connectivity index (χ2n) is 5.52. The van der Waals surface area contributed by atoms with Gasteiger partial charge in [-0.1, -0.05) is 44.9 Å². The van der Waals surface area contributed by atoms with E-state index >= 15 is 0 Å². The van der Waals surface area contributed by atoms with E-state index in [2.05, 4.69) is 51.2 Å². The standard InChI is InChI=1S/C17H29NO/c1-6-13(3)11-16(18-7-2)12-15-10-14(4)8-9-17(15)19-5/h8-10,13,16,18H,6-7,11-12H2,1-5H3. The Kier molecular flexibility index (Phi) is 6.93. The lowest BCUT2D eigenvalue weighted by Crippen LogP contribution is -2.32. The molecule has 0 heterocycles. The van der Waals surface area contributed by atoms with E-state index in [1.165, 1.54) is 24.0 Å². The van der Waals surface area contributed by atoms with Crippen LogP contribution in [0.5, 0.6) is 5.75 Å². The Balaban J connectivity index is 2.80. The van der Waals surface area contributed by atoms with E-state index < -0.39 is 0 Å². The molecule has 1 aromatic carbocycles. The maximum absolute atomic E-state index is 5.48. The van der Waals surface area contributed by atoms with Gasteiger partial charge in [0.15, 0.2) is 0 Å². The molecule has 0 amide bonds. The first-order valence-electron chi connectivity index (χ1n) is 7.47. The minimum Gasteiger partial charge on any atom is -0.496 e. The predicted octanol–water partition coefficient (Wildman–Crippen LogP) is 3.96. The van der Waals surface area contributed by atoms with Crippen LogP contribution >= 0.6 is 0 Å². The van der Waals surface area contributed by atoms with Crippen molar-refractivity contribution in [2.45, 2.75) is 53.0 Å². The van der Waals surface area contributed by atoms with E-state index in [0.29, 0.717) is 6.04 Å². The summed E-state index contributed by atoms with van der Waals surface area (Å²) in [5, 5.41) is 3.61. The Morgan fingerprint density at radius 3 is 2.58 bits per heavy atom. The molecule has 0 fully saturated rings. The van der Waals surface area contributed by atoms with Crippen LogP contribution in [-0.2, 0) is 6.42 Å². The van der Waals surface area contributed by atoms with Crippen LogP contribution < -0.4 is 10.1 Å². The van der Waals surface area contributed by atoms with Crippen molar-refractivity contribution in [1.82, 2.24) is 5.32 Å². The third-order valence-corrected chi connectivity index (χ3v) is 3.78. The van der Waals surface area contributed by atoms with Crippen molar-refractivity contribution in [3.63, 3.8) is 0 Å². The smallest absolute Gasteiger partial charge is 0.122 e. The number of methoxy groups -OCH3 is 1. The average molecular weight is 263 g/mol. The molecular weight excluding hydrogens is 234 g/mol. The maximum atomic E-state index is 5.48. The largest absolute Gasteiger partial charge is 0.496 e. The van der Waals surface area contributed by atoms with Crippen molar-refractivity contribution < 1.29 is 4.74 Å². The SMILES string of the molecule is CCNC(Cc1cc(C)ccc1OC)CC(C)CC. The normalized spacial score (nSPS) is 14.2. The number of aryl methyl sites for hydroxylation is 1. The molecule has 2 atom stereocenters. The van der Waals surface area contributed by atoms with E-state index in [1.54, 1.807) is 7.11 Å². The lowest BCUT2D eigenvalue weighted by atomic mass is 9.93. The molecule has 0 radical (unpaired) electrons. The molecule has 0 saturated heterocycles. The Hall–Kier alpha value is -1.02. The predicted molar refractivity (Wildman–Crippen MR) is 83.0 cm³/mol. The lowest BCUT2D eigenvalue weighted by Gasteiger charge is -2.22. The monoisotopic (exact) mass is 263 g/mol. The second-order valence-corrected chi connectivity index (χ2v) is 5.52. The molecule has 0 aliphatic carbocycles. The molecule has 1 rings (SSSR count). The minimum absolute atomic E-state index is 0.538. The van der Waals surface area contributed by atoms with Crippen molar-refractivity contribution in [3.8, 4) is 5.75 Å². The first-order chi connectivity index (χ1) is 9.10. The van der Waals surface area contributed by atoms with Crippen LogP contribution in [0.15, 0.2) is 18.2 Å². The number of benzene rings is 1. The molecule has 2 nitrogen and oxygen atoms in total. The van der Waals surface area contributed by atoms with Crippen LogP contribution in [0.2, 0.25) is 0 Å². The van der Waals surface area contributed by atoms with E-state index in [1.807, 2.05) is 0 Å². The molecule has 0 aromatic heterocycles. The zero-order valence-electron chi connectivity index (χ0n) is 13.1. The Morgan fingerprint density at radius 1 is 1.26 bits per heavy atom. The lowest BCUT2D eigenvalue weighted by molar-refractivity contribution is 0.381. The molecule has 0 aliphatic rings. The molecular formula is C17H29NO. The Labute approximate surface area is 118 Å². The summed E-state index contributed by atoms with van der Waals surface area (Å²) in [6.45, 7) is 9.94. The summed E-state index contributed by atoms with van der Waals surface area (Å²) in [7, 11) is 1.76. The van der Waals surface area contributed by atoms with Gasteiger partial charge in [-0.2, -0.15) is 0 Å². The highest BCUT2D eigenvalue weighted by Crippen LogP contribution is 2.23. The van der Waals surface area contributed by atoms with Gasteiger partial charge in [-0.05, 0) is 43.9 Å². The summed E-state index contributed by atoms with van der Waals surface area (Å²) in [5.41, 5.74) is 2.62. The minimum atomic E-state index is 0.538. The van der Waals surface area contributed by atoms with Gasteiger partial charge in [0.2, 0.25) is 0 Å². The van der Waals surface area contributed by atoms with Gasteiger partial charge in [0.25, 0.3) is 0 Å². The van der Waals surface area contributed by atoms with Gasteiger partial charge in [-0.3, -0.25) is 0 Å². The Morgan fingerprint density at radius 2 is 2.00 bits per heavy atom. The van der Waals surface area contributed by atoms with Gasteiger partial charge in [0.1, 0.15) is 5.75 Å². The van der Waals surface area contributed by atoms with Crippen molar-refractivity contribution in [2.75, 3.05) is 13.7 Å². The summed E-state index contributed by atoms with van der Waals surface area (Å²) in [5.74, 6) is 1.78. The van der Waals surface area contributed by atoms with E-state index in [4.69, 9.17) is 4.74 Å². The van der Waals surface area contributed by atoms with Crippen molar-refractivity contribution >= 4 is 0 Å². The fraction of sp³-hybridized carbons (Fsp3) is 0.647. The summed E-state index contributed by atoms with van der Waals surface area (Å²) < 4.78 is 5.48. The number of ether oxygens (including phenoxy) is 1. The highest BCUT2D eigenvalue weighted by Gasteiger charge is 2.14. The van der Waals surface area contributed by atoms with Crippen LogP contribution in [0.1, 0.15) is 44.7 Å². The quantitative estimate of drug-likeness (QED) is 0.766. The van der Waals surface area contributed by atoms with Gasteiger partial charge < -0.3 is 10.1 Å². The topological polar surface area (TPSA) is 21.3 Å². The third kappa shape index (κ3) is 5.23. The highest BCUT2D eigenvalue weighted by atomic mass is 16.5. The average Bonchev–Trinajstić information content (AvgIpc) is 2.39. The highest BCUT2D eigenvalue weighted by molar-refractivity contribution is 5.37. The van der Waals surface area contributed by atoms with Gasteiger partial charge in [0.05, 0.1) is 7.11 Å². The molecule has 2 unspecified atom stereocenters. The van der Waals surface area contributed by atoms with Crippen molar-refractivity contribution in [1.29, 1.82) is 0 Å². The van der Waals surface area contributed by atoms with Gasteiger partial charge >= 0.3 is 0 Å². The first-order valence-corrected chi connectivity index (χ1v) is 7.47. The molecule has 0 bridgehead atoms. The van der Waals surface area contributed by atoms with Crippen LogP contribution in [0.3, 0.4) is 0 Å². The number of rotatable bonds is 8. The number of nitrogens with one attached hydrogen (secondary N) is 1. The molecule has 19 heavy (non-hydrogen) atoms.